The summed E-state index contributed by atoms with van der Waals surface area (Å²) >= 11 is 0. The molecule has 1 N–H and O–H groups in total. The molecule has 24 heavy (non-hydrogen) atoms. The van der Waals surface area contributed by atoms with E-state index in [0.29, 0.717) is 19.4 Å². The lowest BCUT2D eigenvalue weighted by molar-refractivity contribution is -0.274. The van der Waals surface area contributed by atoms with Crippen molar-refractivity contribution >= 4 is 10.0 Å². The molecular formula is C14H14F3N3O3S. The van der Waals surface area contributed by atoms with Gasteiger partial charge in [0, 0.05) is 30.9 Å². The van der Waals surface area contributed by atoms with Crippen LogP contribution in [0.5, 0.6) is 5.75 Å². The SMILES string of the molecule is O=S(=O)(N[C@@H]1CCn2nccc2C1)c1ccc(OC(F)(F)F)cc1. The molecule has 0 saturated carbocycles. The first kappa shape index (κ1) is 16.8. The molecular weight excluding hydrogens is 347 g/mol. The Morgan fingerprint density at radius 3 is 2.58 bits per heavy atom. The van der Waals surface area contributed by atoms with Crippen LogP contribution in [0.4, 0.5) is 13.2 Å². The first-order valence-corrected chi connectivity index (χ1v) is 8.60. The van der Waals surface area contributed by atoms with E-state index in [1.54, 1.807) is 6.20 Å². The number of rotatable bonds is 4. The Morgan fingerprint density at radius 1 is 1.21 bits per heavy atom. The van der Waals surface area contributed by atoms with E-state index < -0.39 is 22.1 Å². The van der Waals surface area contributed by atoms with Crippen LogP contribution < -0.4 is 9.46 Å². The Labute approximate surface area is 136 Å². The molecule has 1 aliphatic rings. The van der Waals surface area contributed by atoms with Crippen molar-refractivity contribution in [2.24, 2.45) is 0 Å². The summed E-state index contributed by atoms with van der Waals surface area (Å²) in [6, 6.07) is 5.64. The molecule has 0 bridgehead atoms. The van der Waals surface area contributed by atoms with Gasteiger partial charge in [0.25, 0.3) is 0 Å². The monoisotopic (exact) mass is 361 g/mol. The minimum absolute atomic E-state index is 0.115. The van der Waals surface area contributed by atoms with Crippen molar-refractivity contribution in [3.8, 4) is 5.75 Å². The average molecular weight is 361 g/mol. The third kappa shape index (κ3) is 3.88. The van der Waals surface area contributed by atoms with Crippen LogP contribution in [-0.4, -0.2) is 30.6 Å². The molecule has 0 radical (unpaired) electrons. The average Bonchev–Trinajstić information content (AvgIpc) is 2.93. The lowest BCUT2D eigenvalue weighted by Crippen LogP contribution is -2.40. The third-order valence-electron chi connectivity index (χ3n) is 3.64. The lowest BCUT2D eigenvalue weighted by Gasteiger charge is -2.24. The van der Waals surface area contributed by atoms with Gasteiger partial charge in [0.05, 0.1) is 4.90 Å². The second-order valence-corrected chi connectivity index (χ2v) is 7.09. The molecule has 130 valence electrons. The Balaban J connectivity index is 1.69. The number of hydrogen-bond acceptors (Lipinski definition) is 4. The van der Waals surface area contributed by atoms with E-state index in [-0.39, 0.29) is 10.9 Å². The highest BCUT2D eigenvalue weighted by Gasteiger charge is 2.31. The number of fused-ring (bicyclic) bond motifs is 1. The first-order chi connectivity index (χ1) is 11.2. The number of halogens is 3. The van der Waals surface area contributed by atoms with E-state index in [2.05, 4.69) is 14.6 Å². The van der Waals surface area contributed by atoms with Crippen LogP contribution in [0.25, 0.3) is 0 Å². The number of aromatic nitrogens is 2. The van der Waals surface area contributed by atoms with E-state index in [4.69, 9.17) is 0 Å². The molecule has 3 rings (SSSR count). The first-order valence-electron chi connectivity index (χ1n) is 7.12. The van der Waals surface area contributed by atoms with Gasteiger partial charge >= 0.3 is 6.36 Å². The number of nitrogens with one attached hydrogen (secondary N) is 1. The number of ether oxygens (including phenoxy) is 1. The number of hydrogen-bond donors (Lipinski definition) is 1. The van der Waals surface area contributed by atoms with Crippen molar-refractivity contribution in [2.75, 3.05) is 0 Å². The van der Waals surface area contributed by atoms with Gasteiger partial charge in [0.2, 0.25) is 10.0 Å². The number of benzene rings is 1. The fraction of sp³-hybridized carbons (Fsp3) is 0.357. The Morgan fingerprint density at radius 2 is 1.92 bits per heavy atom. The minimum Gasteiger partial charge on any atom is -0.406 e. The normalized spacial score (nSPS) is 18.2. The van der Waals surface area contributed by atoms with E-state index >= 15 is 0 Å². The van der Waals surface area contributed by atoms with Crippen molar-refractivity contribution < 1.29 is 26.3 Å². The van der Waals surface area contributed by atoms with Gasteiger partial charge < -0.3 is 4.74 Å². The fourth-order valence-corrected chi connectivity index (χ4v) is 3.85. The van der Waals surface area contributed by atoms with Gasteiger partial charge in [-0.15, -0.1) is 13.2 Å². The molecule has 0 spiro atoms. The van der Waals surface area contributed by atoms with E-state index in [1.165, 1.54) is 0 Å². The van der Waals surface area contributed by atoms with Crippen LogP contribution in [0.15, 0.2) is 41.4 Å². The van der Waals surface area contributed by atoms with Crippen molar-refractivity contribution in [2.45, 2.75) is 36.7 Å². The van der Waals surface area contributed by atoms with E-state index in [0.717, 1.165) is 30.0 Å². The second-order valence-electron chi connectivity index (χ2n) is 5.38. The second kappa shape index (κ2) is 6.10. The van der Waals surface area contributed by atoms with Gasteiger partial charge in [-0.3, -0.25) is 4.68 Å². The lowest BCUT2D eigenvalue weighted by atomic mass is 10.1. The van der Waals surface area contributed by atoms with Gasteiger partial charge in [-0.05, 0) is 36.8 Å². The quantitative estimate of drug-likeness (QED) is 0.905. The molecule has 0 fully saturated rings. The summed E-state index contributed by atoms with van der Waals surface area (Å²) in [5, 5.41) is 4.12. The summed E-state index contributed by atoms with van der Waals surface area (Å²) in [6.07, 6.45) is -2.06. The molecule has 1 aromatic heterocycles. The van der Waals surface area contributed by atoms with Gasteiger partial charge in [-0.2, -0.15) is 5.10 Å². The van der Waals surface area contributed by atoms with Gasteiger partial charge in [0.1, 0.15) is 5.75 Å². The smallest absolute Gasteiger partial charge is 0.406 e. The summed E-state index contributed by atoms with van der Waals surface area (Å²) in [4.78, 5) is -0.115. The van der Waals surface area contributed by atoms with Gasteiger partial charge in [-0.1, -0.05) is 0 Å². The number of alkyl halides is 3. The third-order valence-corrected chi connectivity index (χ3v) is 5.18. The Bertz CT molecular complexity index is 816. The number of aryl methyl sites for hydroxylation is 1. The maximum Gasteiger partial charge on any atom is 0.573 e. The summed E-state index contributed by atoms with van der Waals surface area (Å²) in [5.41, 5.74) is 0.933. The number of sulfonamides is 1. The molecule has 2 heterocycles. The van der Waals surface area contributed by atoms with Crippen molar-refractivity contribution in [1.29, 1.82) is 0 Å². The zero-order valence-corrected chi connectivity index (χ0v) is 13.1. The van der Waals surface area contributed by atoms with E-state index in [1.807, 2.05) is 10.7 Å². The Hall–Kier alpha value is -2.07. The molecule has 1 aliphatic heterocycles. The highest BCUT2D eigenvalue weighted by molar-refractivity contribution is 7.89. The molecule has 10 heteroatoms. The minimum atomic E-state index is -4.82. The van der Waals surface area contributed by atoms with Gasteiger partial charge in [-0.25, -0.2) is 13.1 Å². The van der Waals surface area contributed by atoms with Crippen molar-refractivity contribution in [3.05, 3.63) is 42.2 Å². The summed E-state index contributed by atoms with van der Waals surface area (Å²) in [6.45, 7) is 0.605. The summed E-state index contributed by atoms with van der Waals surface area (Å²) in [5.74, 6) is -0.469. The highest BCUT2D eigenvalue weighted by atomic mass is 32.2. The Kier molecular flexibility index (Phi) is 4.26. The molecule has 0 aliphatic carbocycles. The molecule has 2 aromatic rings. The predicted octanol–water partition coefficient (Wildman–Crippen LogP) is 2.07. The van der Waals surface area contributed by atoms with Crippen LogP contribution in [0, 0.1) is 0 Å². The van der Waals surface area contributed by atoms with Crippen molar-refractivity contribution in [1.82, 2.24) is 14.5 Å². The predicted molar refractivity (Wildman–Crippen MR) is 77.8 cm³/mol. The van der Waals surface area contributed by atoms with Crippen LogP contribution in [0.2, 0.25) is 0 Å². The largest absolute Gasteiger partial charge is 0.573 e. The van der Waals surface area contributed by atoms with E-state index in [9.17, 15) is 21.6 Å². The number of nitrogens with zero attached hydrogens (tertiary/aromatic N) is 2. The molecule has 0 saturated heterocycles. The molecule has 0 amide bonds. The summed E-state index contributed by atoms with van der Waals surface area (Å²) < 4.78 is 69.2. The molecule has 1 aromatic carbocycles. The van der Waals surface area contributed by atoms with Crippen LogP contribution in [0.3, 0.4) is 0 Å². The summed E-state index contributed by atoms with van der Waals surface area (Å²) in [7, 11) is -3.82. The highest BCUT2D eigenvalue weighted by Crippen LogP contribution is 2.24. The fourth-order valence-electron chi connectivity index (χ4n) is 2.58. The maximum atomic E-state index is 12.4. The zero-order valence-electron chi connectivity index (χ0n) is 12.3. The molecule has 1 atom stereocenters. The van der Waals surface area contributed by atoms with Gasteiger partial charge in [0.15, 0.2) is 0 Å². The van der Waals surface area contributed by atoms with Crippen molar-refractivity contribution in [3.63, 3.8) is 0 Å². The standard InChI is InChI=1S/C14H14F3N3O3S/c15-14(16,17)23-12-1-3-13(4-2-12)24(21,22)19-10-6-8-20-11(9-10)5-7-18-20/h1-5,7,10,19H,6,8-9H2/t10-/m1/s1. The van der Waals surface area contributed by atoms with Crippen LogP contribution >= 0.6 is 0 Å². The van der Waals surface area contributed by atoms with Crippen LogP contribution in [0.1, 0.15) is 12.1 Å². The zero-order chi connectivity index (χ0) is 17.4. The maximum absolute atomic E-state index is 12.4. The molecule has 6 nitrogen and oxygen atoms in total. The topological polar surface area (TPSA) is 73.2 Å². The molecule has 0 unspecified atom stereocenters. The van der Waals surface area contributed by atoms with Crippen LogP contribution in [-0.2, 0) is 23.0 Å².